The van der Waals surface area contributed by atoms with E-state index in [-0.39, 0.29) is 5.91 Å². The summed E-state index contributed by atoms with van der Waals surface area (Å²) in [6, 6.07) is 15.4. The molecule has 0 aliphatic heterocycles. The molecule has 7 heteroatoms. The van der Waals surface area contributed by atoms with Crippen LogP contribution in [0.4, 0.5) is 0 Å². The molecule has 7 nitrogen and oxygen atoms in total. The topological polar surface area (TPSA) is 80.5 Å². The number of amides is 1. The first kappa shape index (κ1) is 15.9. The molecule has 0 saturated heterocycles. The molecule has 2 N–H and O–H groups in total. The maximum absolute atomic E-state index is 12.3. The van der Waals surface area contributed by atoms with Gasteiger partial charge in [0.1, 0.15) is 11.4 Å². The minimum Gasteiger partial charge on any atom is -0.349 e. The van der Waals surface area contributed by atoms with Crippen LogP contribution in [0.15, 0.2) is 67.1 Å². The quantitative estimate of drug-likeness (QED) is 0.583. The van der Waals surface area contributed by atoms with Crippen LogP contribution in [0.25, 0.3) is 17.1 Å². The highest BCUT2D eigenvalue weighted by Gasteiger charge is 2.12. The molecule has 0 saturated carbocycles. The van der Waals surface area contributed by atoms with E-state index in [9.17, 15) is 4.79 Å². The van der Waals surface area contributed by atoms with Crippen LogP contribution in [0.3, 0.4) is 0 Å². The third kappa shape index (κ3) is 3.14. The van der Waals surface area contributed by atoms with Crippen molar-refractivity contribution in [1.82, 2.24) is 29.9 Å². The summed E-state index contributed by atoms with van der Waals surface area (Å²) in [4.78, 5) is 12.3. The Kier molecular flexibility index (Phi) is 4.10. The van der Waals surface area contributed by atoms with Crippen molar-refractivity contribution in [3.05, 3.63) is 78.4 Å². The molecule has 1 amide bonds. The van der Waals surface area contributed by atoms with Crippen LogP contribution in [-0.4, -0.2) is 30.5 Å². The van der Waals surface area contributed by atoms with Crippen molar-refractivity contribution >= 4 is 5.91 Å². The number of H-pyrrole nitrogens is 1. The lowest BCUT2D eigenvalue weighted by molar-refractivity contribution is 0.0946. The summed E-state index contributed by atoms with van der Waals surface area (Å²) in [6.45, 7) is 0.441. The Bertz CT molecular complexity index is 1010. The smallest absolute Gasteiger partial charge is 0.269 e. The van der Waals surface area contributed by atoms with Gasteiger partial charge >= 0.3 is 0 Å². The summed E-state index contributed by atoms with van der Waals surface area (Å²) in [5, 5.41) is 14.1. The van der Waals surface area contributed by atoms with Crippen LogP contribution >= 0.6 is 0 Å². The number of carbonyl (C=O) groups excluding carboxylic acids is 1. The van der Waals surface area contributed by atoms with E-state index in [4.69, 9.17) is 0 Å². The molecule has 4 rings (SSSR count). The van der Waals surface area contributed by atoms with Crippen molar-refractivity contribution in [3.63, 3.8) is 0 Å². The van der Waals surface area contributed by atoms with Crippen LogP contribution in [0.5, 0.6) is 0 Å². The first-order chi connectivity index (χ1) is 12.7. The highest BCUT2D eigenvalue weighted by Crippen LogP contribution is 2.17. The molecule has 0 unspecified atom stereocenters. The molecular weight excluding hydrogens is 328 g/mol. The zero-order valence-corrected chi connectivity index (χ0v) is 14.3. The lowest BCUT2D eigenvalue weighted by atomic mass is 10.2. The summed E-state index contributed by atoms with van der Waals surface area (Å²) < 4.78 is 3.75. The van der Waals surface area contributed by atoms with Crippen LogP contribution in [0.1, 0.15) is 16.1 Å². The zero-order valence-electron chi connectivity index (χ0n) is 14.3. The first-order valence-electron chi connectivity index (χ1n) is 8.25. The third-order valence-electron chi connectivity index (χ3n) is 4.19. The molecule has 1 aromatic carbocycles. The van der Waals surface area contributed by atoms with Crippen molar-refractivity contribution in [2.24, 2.45) is 7.05 Å². The predicted octanol–water partition coefficient (Wildman–Crippen LogP) is 2.53. The summed E-state index contributed by atoms with van der Waals surface area (Å²) in [5.41, 5.74) is 4.12. The van der Waals surface area contributed by atoms with Gasteiger partial charge in [0.15, 0.2) is 0 Å². The van der Waals surface area contributed by atoms with Gasteiger partial charge in [0.25, 0.3) is 5.91 Å². The maximum atomic E-state index is 12.3. The number of nitrogens with one attached hydrogen (secondary N) is 2. The molecule has 0 radical (unpaired) electrons. The van der Waals surface area contributed by atoms with E-state index >= 15 is 0 Å². The molecule has 0 aliphatic carbocycles. The van der Waals surface area contributed by atoms with Gasteiger partial charge < -0.3 is 9.88 Å². The van der Waals surface area contributed by atoms with Gasteiger partial charge in [0.2, 0.25) is 0 Å². The number of aromatic nitrogens is 5. The second-order valence-electron chi connectivity index (χ2n) is 5.97. The van der Waals surface area contributed by atoms with Crippen LogP contribution in [0, 0.1) is 0 Å². The van der Waals surface area contributed by atoms with E-state index in [1.807, 2.05) is 66.5 Å². The van der Waals surface area contributed by atoms with Crippen molar-refractivity contribution < 1.29 is 4.79 Å². The molecule has 26 heavy (non-hydrogen) atoms. The van der Waals surface area contributed by atoms with Gasteiger partial charge in [-0.05, 0) is 42.0 Å². The molecule has 130 valence electrons. The van der Waals surface area contributed by atoms with E-state index in [2.05, 4.69) is 20.6 Å². The summed E-state index contributed by atoms with van der Waals surface area (Å²) in [5.74, 6) is -0.186. The summed E-state index contributed by atoms with van der Waals surface area (Å²) >= 11 is 0. The van der Waals surface area contributed by atoms with Crippen LogP contribution in [-0.2, 0) is 13.6 Å². The maximum Gasteiger partial charge on any atom is 0.269 e. The highest BCUT2D eigenvalue weighted by atomic mass is 16.1. The third-order valence-corrected chi connectivity index (χ3v) is 4.19. The first-order valence-corrected chi connectivity index (χ1v) is 8.25. The Hall–Kier alpha value is -3.61. The van der Waals surface area contributed by atoms with Gasteiger partial charge in [-0.15, -0.1) is 0 Å². The fraction of sp³-hybridized carbons (Fsp3) is 0.105. The lowest BCUT2D eigenvalue weighted by Crippen LogP contribution is -2.23. The fourth-order valence-corrected chi connectivity index (χ4v) is 2.76. The van der Waals surface area contributed by atoms with Crippen molar-refractivity contribution in [2.75, 3.05) is 0 Å². The molecule has 0 fully saturated rings. The largest absolute Gasteiger partial charge is 0.349 e. The number of hydrogen-bond acceptors (Lipinski definition) is 3. The molecule has 4 aromatic rings. The Morgan fingerprint density at radius 2 is 2.00 bits per heavy atom. The van der Waals surface area contributed by atoms with Crippen molar-refractivity contribution in [1.29, 1.82) is 0 Å². The number of rotatable bonds is 5. The number of carbonyl (C=O) groups is 1. The normalized spacial score (nSPS) is 10.8. The number of aryl methyl sites for hydroxylation is 1. The van der Waals surface area contributed by atoms with Crippen molar-refractivity contribution in [2.45, 2.75) is 6.54 Å². The second kappa shape index (κ2) is 6.72. The summed E-state index contributed by atoms with van der Waals surface area (Å²) in [7, 11) is 1.94. The second-order valence-corrected chi connectivity index (χ2v) is 5.97. The van der Waals surface area contributed by atoms with E-state index in [1.165, 1.54) is 0 Å². The van der Waals surface area contributed by atoms with Gasteiger partial charge in [-0.1, -0.05) is 12.1 Å². The van der Waals surface area contributed by atoms with Gasteiger partial charge in [-0.25, -0.2) is 4.68 Å². The predicted molar refractivity (Wildman–Crippen MR) is 97.7 cm³/mol. The minimum absolute atomic E-state index is 0.186. The molecule has 3 aromatic heterocycles. The average molecular weight is 346 g/mol. The molecule has 0 atom stereocenters. The Labute approximate surface area is 150 Å². The van der Waals surface area contributed by atoms with Crippen molar-refractivity contribution in [3.8, 4) is 17.1 Å². The number of benzene rings is 1. The lowest BCUT2D eigenvalue weighted by Gasteiger charge is -2.06. The Balaban J connectivity index is 1.40. The number of aromatic amines is 1. The molecule has 0 bridgehead atoms. The van der Waals surface area contributed by atoms with Gasteiger partial charge in [0.05, 0.1) is 11.4 Å². The minimum atomic E-state index is -0.186. The highest BCUT2D eigenvalue weighted by molar-refractivity contribution is 5.93. The van der Waals surface area contributed by atoms with Gasteiger partial charge in [-0.2, -0.15) is 10.2 Å². The Morgan fingerprint density at radius 3 is 2.69 bits per heavy atom. The number of nitrogens with zero attached hydrogens (tertiary/aromatic N) is 4. The van der Waals surface area contributed by atoms with Gasteiger partial charge in [-0.3, -0.25) is 9.89 Å². The molecular formula is C19H18N6O. The van der Waals surface area contributed by atoms with Crippen LogP contribution in [0.2, 0.25) is 0 Å². The monoisotopic (exact) mass is 346 g/mol. The van der Waals surface area contributed by atoms with E-state index in [1.54, 1.807) is 16.9 Å². The van der Waals surface area contributed by atoms with E-state index in [0.717, 1.165) is 22.6 Å². The SMILES string of the molecule is Cn1cccc1-c1cc(C(=O)NCc2ccc(-n3cccn3)cc2)[nH]n1. The molecule has 0 aliphatic rings. The average Bonchev–Trinajstić information content (AvgIpc) is 3.41. The van der Waals surface area contributed by atoms with E-state index < -0.39 is 0 Å². The number of hydrogen-bond donors (Lipinski definition) is 2. The Morgan fingerprint density at radius 1 is 1.15 bits per heavy atom. The molecule has 0 spiro atoms. The zero-order chi connectivity index (χ0) is 17.9. The summed E-state index contributed by atoms with van der Waals surface area (Å²) in [6.07, 6.45) is 5.57. The fourth-order valence-electron chi connectivity index (χ4n) is 2.76. The van der Waals surface area contributed by atoms with Gasteiger partial charge in [0, 0.05) is 32.2 Å². The van der Waals surface area contributed by atoms with E-state index in [0.29, 0.717) is 12.2 Å². The standard InChI is InChI=1S/C19H18N6O/c1-24-10-2-4-18(24)16-12-17(23-22-16)19(26)20-13-14-5-7-15(8-6-14)25-11-3-9-21-25/h2-12H,13H2,1H3,(H,20,26)(H,22,23). The van der Waals surface area contributed by atoms with Crippen LogP contribution < -0.4 is 5.32 Å². The molecule has 3 heterocycles.